The predicted octanol–water partition coefficient (Wildman–Crippen LogP) is 5.83. The summed E-state index contributed by atoms with van der Waals surface area (Å²) in [5, 5.41) is 6.20. The molecule has 1 atom stereocenters. The summed E-state index contributed by atoms with van der Waals surface area (Å²) in [6.07, 6.45) is 1.01. The number of anilines is 1. The van der Waals surface area contributed by atoms with Gasteiger partial charge in [-0.3, -0.25) is 9.59 Å². The number of rotatable bonds is 3. The van der Waals surface area contributed by atoms with Crippen molar-refractivity contribution < 1.29 is 14.0 Å². The topological polar surface area (TPSA) is 58.2 Å². The molecule has 1 aliphatic carbocycles. The van der Waals surface area contributed by atoms with Crippen LogP contribution in [0.5, 0.6) is 0 Å². The van der Waals surface area contributed by atoms with E-state index in [0.717, 1.165) is 5.70 Å². The third-order valence-electron chi connectivity index (χ3n) is 5.79. The zero-order valence-electron chi connectivity index (χ0n) is 17.7. The van der Waals surface area contributed by atoms with E-state index in [1.807, 2.05) is 32.0 Å². The van der Waals surface area contributed by atoms with Crippen molar-refractivity contribution in [1.29, 1.82) is 0 Å². The van der Waals surface area contributed by atoms with Crippen molar-refractivity contribution in [3.8, 4) is 0 Å². The molecular formula is C25H24BrFN2O2. The second kappa shape index (κ2) is 8.08. The Morgan fingerprint density at radius 1 is 1.16 bits per heavy atom. The molecule has 0 aromatic heterocycles. The SMILES string of the molecule is CC1=C(C(=O)Nc2ccccc2)C(c2cc(Br)ccc2F)C2=C(CC(C)(C)CC2=O)N1. The summed E-state index contributed by atoms with van der Waals surface area (Å²) in [4.78, 5) is 26.7. The fraction of sp³-hybridized carbons (Fsp3) is 0.280. The van der Waals surface area contributed by atoms with Gasteiger partial charge in [-0.1, -0.05) is 48.0 Å². The molecule has 0 saturated carbocycles. The molecule has 2 aromatic rings. The summed E-state index contributed by atoms with van der Waals surface area (Å²) in [7, 11) is 0. The Labute approximate surface area is 189 Å². The van der Waals surface area contributed by atoms with E-state index in [-0.39, 0.29) is 17.1 Å². The molecule has 0 bridgehead atoms. The summed E-state index contributed by atoms with van der Waals surface area (Å²) in [6, 6.07) is 13.7. The molecule has 2 aliphatic rings. The highest BCUT2D eigenvalue weighted by Crippen LogP contribution is 2.47. The van der Waals surface area contributed by atoms with Gasteiger partial charge in [-0.2, -0.15) is 0 Å². The number of carbonyl (C=O) groups excluding carboxylic acids is 2. The van der Waals surface area contributed by atoms with Crippen molar-refractivity contribution in [2.45, 2.75) is 39.5 Å². The lowest BCUT2D eigenvalue weighted by atomic mass is 9.68. The Kier molecular flexibility index (Phi) is 5.60. The Morgan fingerprint density at radius 3 is 2.58 bits per heavy atom. The number of ketones is 1. The Bertz CT molecular complexity index is 1140. The molecule has 1 amide bonds. The van der Waals surface area contributed by atoms with E-state index in [4.69, 9.17) is 0 Å². The van der Waals surface area contributed by atoms with Crippen molar-refractivity contribution in [3.05, 3.63) is 86.9 Å². The lowest BCUT2D eigenvalue weighted by Gasteiger charge is -2.39. The van der Waals surface area contributed by atoms with Crippen molar-refractivity contribution in [3.63, 3.8) is 0 Å². The van der Waals surface area contributed by atoms with Gasteiger partial charge < -0.3 is 10.6 Å². The lowest BCUT2D eigenvalue weighted by molar-refractivity contribution is -0.118. The van der Waals surface area contributed by atoms with Crippen LogP contribution in [0.3, 0.4) is 0 Å². The molecule has 0 spiro atoms. The maximum absolute atomic E-state index is 15.1. The highest BCUT2D eigenvalue weighted by molar-refractivity contribution is 9.10. The maximum atomic E-state index is 15.1. The van der Waals surface area contributed by atoms with Crippen LogP contribution in [-0.4, -0.2) is 11.7 Å². The van der Waals surface area contributed by atoms with E-state index in [2.05, 4.69) is 26.6 Å². The smallest absolute Gasteiger partial charge is 0.254 e. The predicted molar refractivity (Wildman–Crippen MR) is 123 cm³/mol. The van der Waals surface area contributed by atoms with Gasteiger partial charge in [0.1, 0.15) is 5.82 Å². The fourth-order valence-electron chi connectivity index (χ4n) is 4.50. The van der Waals surface area contributed by atoms with Crippen molar-refractivity contribution >= 4 is 33.3 Å². The van der Waals surface area contributed by atoms with Crippen LogP contribution in [0, 0.1) is 11.2 Å². The zero-order valence-corrected chi connectivity index (χ0v) is 19.3. The quantitative estimate of drug-likeness (QED) is 0.578. The van der Waals surface area contributed by atoms with Gasteiger partial charge in [-0.15, -0.1) is 0 Å². The Morgan fingerprint density at radius 2 is 1.87 bits per heavy atom. The summed E-state index contributed by atoms with van der Waals surface area (Å²) in [5.74, 6) is -1.64. The standard InChI is InChI=1S/C25H24BrFN2O2/c1-14-21(24(31)29-16-7-5-4-6-8-16)22(17-11-15(26)9-10-18(17)27)23-19(28-14)12-25(2,3)13-20(23)30/h4-11,22,28H,12-13H2,1-3H3,(H,29,31). The first kappa shape index (κ1) is 21.5. The minimum Gasteiger partial charge on any atom is -0.362 e. The number of halogens is 2. The summed E-state index contributed by atoms with van der Waals surface area (Å²) in [6.45, 7) is 5.89. The first-order valence-electron chi connectivity index (χ1n) is 10.2. The van der Waals surface area contributed by atoms with E-state index in [1.165, 1.54) is 6.07 Å². The number of dihydropyridines is 1. The van der Waals surface area contributed by atoms with Gasteiger partial charge in [-0.25, -0.2) is 4.39 Å². The van der Waals surface area contributed by atoms with Gasteiger partial charge in [0, 0.05) is 50.6 Å². The van der Waals surface area contributed by atoms with Crippen LogP contribution in [0.15, 0.2) is 75.5 Å². The monoisotopic (exact) mass is 482 g/mol. The molecular weight excluding hydrogens is 459 g/mol. The zero-order chi connectivity index (χ0) is 22.3. The molecule has 160 valence electrons. The van der Waals surface area contributed by atoms with Gasteiger partial charge in [0.2, 0.25) is 0 Å². The number of carbonyl (C=O) groups is 2. The fourth-order valence-corrected chi connectivity index (χ4v) is 4.88. The van der Waals surface area contributed by atoms with Crippen molar-refractivity contribution in [2.24, 2.45) is 5.41 Å². The van der Waals surface area contributed by atoms with E-state index in [9.17, 15) is 9.59 Å². The van der Waals surface area contributed by atoms with E-state index in [1.54, 1.807) is 31.2 Å². The van der Waals surface area contributed by atoms with E-state index in [0.29, 0.717) is 45.4 Å². The van der Waals surface area contributed by atoms with Crippen molar-refractivity contribution in [1.82, 2.24) is 5.32 Å². The molecule has 4 nitrogen and oxygen atoms in total. The summed E-state index contributed by atoms with van der Waals surface area (Å²) in [5.41, 5.74) is 2.99. The lowest BCUT2D eigenvalue weighted by Crippen LogP contribution is -2.39. The van der Waals surface area contributed by atoms with Crippen LogP contribution in [0.1, 0.15) is 45.1 Å². The molecule has 0 radical (unpaired) electrons. The molecule has 0 saturated heterocycles. The largest absolute Gasteiger partial charge is 0.362 e. The molecule has 1 heterocycles. The molecule has 6 heteroatoms. The number of para-hydroxylation sites is 1. The van der Waals surface area contributed by atoms with Crippen LogP contribution in [0.4, 0.5) is 10.1 Å². The minimum atomic E-state index is -0.777. The first-order chi connectivity index (χ1) is 14.7. The van der Waals surface area contributed by atoms with Gasteiger partial charge in [0.15, 0.2) is 5.78 Å². The van der Waals surface area contributed by atoms with Crippen LogP contribution >= 0.6 is 15.9 Å². The van der Waals surface area contributed by atoms with Gasteiger partial charge in [0.05, 0.1) is 0 Å². The Balaban J connectivity index is 1.86. The highest BCUT2D eigenvalue weighted by atomic mass is 79.9. The highest BCUT2D eigenvalue weighted by Gasteiger charge is 2.43. The third kappa shape index (κ3) is 4.22. The third-order valence-corrected chi connectivity index (χ3v) is 6.28. The normalized spacial score (nSPS) is 20.3. The van der Waals surface area contributed by atoms with E-state index < -0.39 is 11.7 Å². The number of hydrogen-bond acceptors (Lipinski definition) is 3. The number of nitrogens with one attached hydrogen (secondary N) is 2. The van der Waals surface area contributed by atoms with Crippen molar-refractivity contribution in [2.75, 3.05) is 5.32 Å². The average Bonchev–Trinajstić information content (AvgIpc) is 2.68. The molecule has 2 aromatic carbocycles. The molecule has 31 heavy (non-hydrogen) atoms. The van der Waals surface area contributed by atoms with Crippen LogP contribution in [-0.2, 0) is 9.59 Å². The molecule has 1 unspecified atom stereocenters. The van der Waals surface area contributed by atoms with Gasteiger partial charge in [0.25, 0.3) is 5.91 Å². The number of benzene rings is 2. The summed E-state index contributed by atoms with van der Waals surface area (Å²) < 4.78 is 15.7. The molecule has 2 N–H and O–H groups in total. The minimum absolute atomic E-state index is 0.0550. The maximum Gasteiger partial charge on any atom is 0.254 e. The number of Topliss-reactive ketones (excluding diaryl/α,β-unsaturated/α-hetero) is 1. The van der Waals surface area contributed by atoms with Gasteiger partial charge >= 0.3 is 0 Å². The van der Waals surface area contributed by atoms with E-state index >= 15 is 4.39 Å². The first-order valence-corrected chi connectivity index (χ1v) is 11.0. The average molecular weight is 483 g/mol. The number of hydrogen-bond donors (Lipinski definition) is 2. The van der Waals surface area contributed by atoms with Crippen LogP contribution < -0.4 is 10.6 Å². The Hall–Kier alpha value is -2.73. The second-order valence-corrected chi connectivity index (χ2v) is 9.83. The number of allylic oxidation sites excluding steroid dienone is 3. The number of amides is 1. The molecule has 1 aliphatic heterocycles. The summed E-state index contributed by atoms with van der Waals surface area (Å²) >= 11 is 3.41. The second-order valence-electron chi connectivity index (χ2n) is 8.92. The van der Waals surface area contributed by atoms with Gasteiger partial charge in [-0.05, 0) is 49.1 Å². The molecule has 0 fully saturated rings. The van der Waals surface area contributed by atoms with Crippen LogP contribution in [0.25, 0.3) is 0 Å². The molecule has 4 rings (SSSR count). The van der Waals surface area contributed by atoms with Crippen LogP contribution in [0.2, 0.25) is 0 Å².